The SMILES string of the molecule is Cc1cc(C(C)Nc2nc(Cl)nc3[nH]ncc23)c(C)o1. The van der Waals surface area contributed by atoms with Crippen molar-refractivity contribution < 1.29 is 4.42 Å². The summed E-state index contributed by atoms with van der Waals surface area (Å²) < 4.78 is 5.55. The number of aromatic amines is 1. The summed E-state index contributed by atoms with van der Waals surface area (Å²) >= 11 is 5.92. The van der Waals surface area contributed by atoms with E-state index in [0.29, 0.717) is 11.5 Å². The van der Waals surface area contributed by atoms with Gasteiger partial charge in [0.15, 0.2) is 5.65 Å². The number of nitrogens with zero attached hydrogens (tertiary/aromatic N) is 3. The molecule has 1 unspecified atom stereocenters. The lowest BCUT2D eigenvalue weighted by atomic mass is 10.1. The van der Waals surface area contributed by atoms with Gasteiger partial charge >= 0.3 is 0 Å². The Balaban J connectivity index is 1.96. The van der Waals surface area contributed by atoms with Gasteiger partial charge in [0.2, 0.25) is 5.28 Å². The van der Waals surface area contributed by atoms with Gasteiger partial charge in [-0.05, 0) is 38.4 Å². The first-order valence-electron chi connectivity index (χ1n) is 6.24. The minimum Gasteiger partial charge on any atom is -0.466 e. The van der Waals surface area contributed by atoms with Gasteiger partial charge in [0.1, 0.15) is 17.3 Å². The van der Waals surface area contributed by atoms with E-state index in [2.05, 4.69) is 25.5 Å². The molecule has 0 saturated heterocycles. The lowest BCUT2D eigenvalue weighted by molar-refractivity contribution is 0.500. The first-order chi connectivity index (χ1) is 9.54. The zero-order valence-corrected chi connectivity index (χ0v) is 12.1. The summed E-state index contributed by atoms with van der Waals surface area (Å²) in [5, 5.41) is 11.1. The molecule has 0 amide bonds. The van der Waals surface area contributed by atoms with Gasteiger partial charge in [0, 0.05) is 5.56 Å². The summed E-state index contributed by atoms with van der Waals surface area (Å²) in [4.78, 5) is 8.30. The van der Waals surface area contributed by atoms with Crippen LogP contribution in [0.25, 0.3) is 11.0 Å². The molecule has 7 heteroatoms. The van der Waals surface area contributed by atoms with E-state index in [1.54, 1.807) is 6.20 Å². The molecule has 20 heavy (non-hydrogen) atoms. The van der Waals surface area contributed by atoms with Crippen LogP contribution in [0, 0.1) is 13.8 Å². The van der Waals surface area contributed by atoms with Crippen LogP contribution < -0.4 is 5.32 Å². The minimum atomic E-state index is 0.0384. The second-order valence-electron chi connectivity index (χ2n) is 4.71. The smallest absolute Gasteiger partial charge is 0.226 e. The number of aromatic nitrogens is 4. The van der Waals surface area contributed by atoms with Gasteiger partial charge in [0.25, 0.3) is 0 Å². The predicted octanol–water partition coefficient (Wildman–Crippen LogP) is 3.39. The first-order valence-corrected chi connectivity index (χ1v) is 6.62. The summed E-state index contributed by atoms with van der Waals surface area (Å²) in [6, 6.07) is 2.05. The van der Waals surface area contributed by atoms with Crippen LogP contribution in [-0.2, 0) is 0 Å². The van der Waals surface area contributed by atoms with Crippen molar-refractivity contribution in [3.8, 4) is 0 Å². The van der Waals surface area contributed by atoms with Crippen LogP contribution >= 0.6 is 11.6 Å². The van der Waals surface area contributed by atoms with Crippen molar-refractivity contribution in [1.82, 2.24) is 20.2 Å². The monoisotopic (exact) mass is 291 g/mol. The minimum absolute atomic E-state index is 0.0384. The molecule has 0 saturated carbocycles. The molecule has 0 aromatic carbocycles. The molecule has 6 nitrogen and oxygen atoms in total. The highest BCUT2D eigenvalue weighted by atomic mass is 35.5. The van der Waals surface area contributed by atoms with Crippen LogP contribution in [0.1, 0.15) is 30.0 Å². The summed E-state index contributed by atoms with van der Waals surface area (Å²) in [6.07, 6.45) is 1.67. The summed E-state index contributed by atoms with van der Waals surface area (Å²) in [7, 11) is 0. The number of H-pyrrole nitrogens is 1. The van der Waals surface area contributed by atoms with E-state index >= 15 is 0 Å². The highest BCUT2D eigenvalue weighted by molar-refractivity contribution is 6.28. The molecule has 3 heterocycles. The van der Waals surface area contributed by atoms with Crippen molar-refractivity contribution in [1.29, 1.82) is 0 Å². The Kier molecular flexibility index (Phi) is 3.10. The zero-order chi connectivity index (χ0) is 14.3. The Hall–Kier alpha value is -2.08. The zero-order valence-electron chi connectivity index (χ0n) is 11.4. The van der Waals surface area contributed by atoms with Gasteiger partial charge in [-0.25, -0.2) is 0 Å². The van der Waals surface area contributed by atoms with Crippen molar-refractivity contribution in [3.05, 3.63) is 34.6 Å². The number of hydrogen-bond donors (Lipinski definition) is 2. The number of aryl methyl sites for hydroxylation is 2. The molecule has 0 aliphatic heterocycles. The van der Waals surface area contributed by atoms with Crippen molar-refractivity contribution in [2.75, 3.05) is 5.32 Å². The molecule has 104 valence electrons. The number of nitrogens with one attached hydrogen (secondary N) is 2. The molecule has 2 N–H and O–H groups in total. The second-order valence-corrected chi connectivity index (χ2v) is 5.05. The number of halogens is 1. The molecule has 0 fully saturated rings. The molecule has 0 bridgehead atoms. The van der Waals surface area contributed by atoms with Gasteiger partial charge in [0.05, 0.1) is 17.6 Å². The van der Waals surface area contributed by atoms with Crippen LogP contribution in [0.15, 0.2) is 16.7 Å². The summed E-state index contributed by atoms with van der Waals surface area (Å²) in [5.74, 6) is 2.44. The van der Waals surface area contributed by atoms with Crippen molar-refractivity contribution in [2.24, 2.45) is 0 Å². The Morgan fingerprint density at radius 2 is 2.15 bits per heavy atom. The molecule has 3 aromatic heterocycles. The fourth-order valence-electron chi connectivity index (χ4n) is 2.28. The largest absolute Gasteiger partial charge is 0.466 e. The van der Waals surface area contributed by atoms with Crippen LogP contribution in [0.5, 0.6) is 0 Å². The van der Waals surface area contributed by atoms with E-state index < -0.39 is 0 Å². The van der Waals surface area contributed by atoms with Crippen LogP contribution in [0.4, 0.5) is 5.82 Å². The van der Waals surface area contributed by atoms with Gasteiger partial charge < -0.3 is 9.73 Å². The number of rotatable bonds is 3. The van der Waals surface area contributed by atoms with E-state index in [4.69, 9.17) is 16.0 Å². The van der Waals surface area contributed by atoms with E-state index in [9.17, 15) is 0 Å². The number of anilines is 1. The van der Waals surface area contributed by atoms with E-state index in [-0.39, 0.29) is 11.3 Å². The molecule has 0 aliphatic carbocycles. The van der Waals surface area contributed by atoms with Gasteiger partial charge in [-0.15, -0.1) is 0 Å². The van der Waals surface area contributed by atoms with Crippen molar-refractivity contribution >= 4 is 28.5 Å². The molecule has 3 rings (SSSR count). The van der Waals surface area contributed by atoms with Crippen LogP contribution in [-0.4, -0.2) is 20.2 Å². The van der Waals surface area contributed by atoms with Crippen LogP contribution in [0.3, 0.4) is 0 Å². The number of fused-ring (bicyclic) bond motifs is 1. The Labute approximate surface area is 120 Å². The molecule has 3 aromatic rings. The third-order valence-electron chi connectivity index (χ3n) is 3.18. The number of furan rings is 1. The molecule has 0 aliphatic rings. The van der Waals surface area contributed by atoms with Gasteiger partial charge in [-0.1, -0.05) is 0 Å². The average molecular weight is 292 g/mol. The topological polar surface area (TPSA) is 79.6 Å². The Bertz CT molecular complexity index is 763. The molecule has 1 atom stereocenters. The van der Waals surface area contributed by atoms with E-state index in [1.165, 1.54) is 0 Å². The third kappa shape index (κ3) is 2.22. The maximum atomic E-state index is 5.92. The lowest BCUT2D eigenvalue weighted by Crippen LogP contribution is -2.09. The van der Waals surface area contributed by atoms with Crippen LogP contribution in [0.2, 0.25) is 5.28 Å². The Morgan fingerprint density at radius 1 is 1.35 bits per heavy atom. The number of hydrogen-bond acceptors (Lipinski definition) is 5. The maximum Gasteiger partial charge on any atom is 0.226 e. The molecular weight excluding hydrogens is 278 g/mol. The van der Waals surface area contributed by atoms with E-state index in [1.807, 2.05) is 26.8 Å². The molecular formula is C13H14ClN5O. The summed E-state index contributed by atoms with van der Waals surface area (Å²) in [5.41, 5.74) is 1.70. The maximum absolute atomic E-state index is 5.92. The fourth-order valence-corrected chi connectivity index (χ4v) is 2.45. The third-order valence-corrected chi connectivity index (χ3v) is 3.35. The van der Waals surface area contributed by atoms with Gasteiger partial charge in [-0.2, -0.15) is 15.1 Å². The fraction of sp³-hybridized carbons (Fsp3) is 0.308. The van der Waals surface area contributed by atoms with Crippen molar-refractivity contribution in [2.45, 2.75) is 26.8 Å². The highest BCUT2D eigenvalue weighted by Gasteiger charge is 2.16. The van der Waals surface area contributed by atoms with E-state index in [0.717, 1.165) is 22.5 Å². The molecule has 0 spiro atoms. The lowest BCUT2D eigenvalue weighted by Gasteiger charge is -2.14. The Morgan fingerprint density at radius 3 is 2.85 bits per heavy atom. The molecule has 0 radical (unpaired) electrons. The average Bonchev–Trinajstić information content (AvgIpc) is 2.95. The quantitative estimate of drug-likeness (QED) is 0.723. The standard InChI is InChI=1S/C13H14ClN5O/c1-6-4-9(8(3)20-6)7(2)16-11-10-5-15-19-12(10)18-13(14)17-11/h4-5,7H,1-3H3,(H2,15,16,17,18,19). The van der Waals surface area contributed by atoms with Crippen molar-refractivity contribution in [3.63, 3.8) is 0 Å². The van der Waals surface area contributed by atoms with Gasteiger partial charge in [-0.3, -0.25) is 5.10 Å². The normalized spacial score (nSPS) is 12.8. The predicted molar refractivity (Wildman–Crippen MR) is 76.9 cm³/mol. The highest BCUT2D eigenvalue weighted by Crippen LogP contribution is 2.27. The first kappa shape index (κ1) is 12.9. The summed E-state index contributed by atoms with van der Waals surface area (Å²) in [6.45, 7) is 5.92. The second kappa shape index (κ2) is 4.79.